The van der Waals surface area contributed by atoms with Crippen LogP contribution in [0, 0.1) is 11.3 Å². The molecule has 0 radical (unpaired) electrons. The lowest BCUT2D eigenvalue weighted by molar-refractivity contribution is 0.275. The molecule has 0 fully saturated rings. The number of rotatable bonds is 4. The van der Waals surface area contributed by atoms with E-state index < -0.39 is 0 Å². The molecule has 2 atom stereocenters. The molecule has 0 spiro atoms. The molecule has 0 aromatic heterocycles. The van der Waals surface area contributed by atoms with Gasteiger partial charge in [0.2, 0.25) is 0 Å². The van der Waals surface area contributed by atoms with E-state index in [-0.39, 0.29) is 0 Å². The lowest BCUT2D eigenvalue weighted by atomic mass is 9.67. The van der Waals surface area contributed by atoms with Crippen LogP contribution in [0.25, 0.3) is 0 Å². The van der Waals surface area contributed by atoms with E-state index in [1.165, 1.54) is 17.5 Å². The van der Waals surface area contributed by atoms with Crippen molar-refractivity contribution in [2.45, 2.75) is 40.0 Å². The van der Waals surface area contributed by atoms with Gasteiger partial charge < -0.3 is 0 Å². The van der Waals surface area contributed by atoms with Crippen molar-refractivity contribution >= 4 is 0 Å². The van der Waals surface area contributed by atoms with Crippen LogP contribution in [0.2, 0.25) is 0 Å². The lowest BCUT2D eigenvalue weighted by Crippen LogP contribution is -2.29. The molecule has 0 nitrogen and oxygen atoms in total. The van der Waals surface area contributed by atoms with Crippen LogP contribution in [-0.2, 0) is 12.8 Å². The molecule has 0 saturated carbocycles. The van der Waals surface area contributed by atoms with Gasteiger partial charge in [-0.1, -0.05) is 69.3 Å². The van der Waals surface area contributed by atoms with Crippen LogP contribution < -0.4 is 0 Å². The molecule has 0 bridgehead atoms. The summed E-state index contributed by atoms with van der Waals surface area (Å²) in [5.74, 6) is 0.623. The molecule has 2 unspecified atom stereocenters. The molecule has 0 N–H and O–H groups in total. The second-order valence-electron chi connectivity index (χ2n) is 5.42. The second kappa shape index (κ2) is 5.56. The Kier molecular flexibility index (Phi) is 4.06. The van der Waals surface area contributed by atoms with Gasteiger partial charge >= 0.3 is 0 Å². The molecule has 1 aliphatic rings. The minimum absolute atomic E-state index is 0.306. The number of hydrogen-bond donors (Lipinski definition) is 0. The fourth-order valence-corrected chi connectivity index (χ4v) is 3.04. The summed E-state index contributed by atoms with van der Waals surface area (Å²) in [6.07, 6.45) is 12.7. The number of allylic oxidation sites excluding steroid dienone is 4. The van der Waals surface area contributed by atoms with Gasteiger partial charge in [-0.05, 0) is 41.7 Å². The van der Waals surface area contributed by atoms with E-state index in [0.29, 0.717) is 11.3 Å². The highest BCUT2D eigenvalue weighted by Gasteiger charge is 2.32. The van der Waals surface area contributed by atoms with Gasteiger partial charge in [0.05, 0.1) is 0 Å². The summed E-state index contributed by atoms with van der Waals surface area (Å²) in [4.78, 5) is 0. The molecule has 0 saturated heterocycles. The molecule has 18 heavy (non-hydrogen) atoms. The molecule has 1 aliphatic carbocycles. The lowest BCUT2D eigenvalue weighted by Gasteiger charge is -2.37. The average Bonchev–Trinajstić information content (AvgIpc) is 2.42. The summed E-state index contributed by atoms with van der Waals surface area (Å²) < 4.78 is 0. The van der Waals surface area contributed by atoms with Gasteiger partial charge in [-0.25, -0.2) is 0 Å². The summed E-state index contributed by atoms with van der Waals surface area (Å²) >= 11 is 0. The molecule has 0 heterocycles. The smallest absolute Gasteiger partial charge is 0.00171 e. The first kappa shape index (κ1) is 13.1. The summed E-state index contributed by atoms with van der Waals surface area (Å²) in [6, 6.07) is 8.90. The van der Waals surface area contributed by atoms with E-state index in [4.69, 9.17) is 0 Å². The van der Waals surface area contributed by atoms with Crippen LogP contribution in [0.15, 0.2) is 48.6 Å². The maximum absolute atomic E-state index is 2.42. The van der Waals surface area contributed by atoms with Crippen molar-refractivity contribution in [1.82, 2.24) is 0 Å². The van der Waals surface area contributed by atoms with E-state index >= 15 is 0 Å². The highest BCUT2D eigenvalue weighted by atomic mass is 14.4. The van der Waals surface area contributed by atoms with Crippen molar-refractivity contribution in [3.8, 4) is 0 Å². The van der Waals surface area contributed by atoms with Gasteiger partial charge in [-0.2, -0.15) is 0 Å². The van der Waals surface area contributed by atoms with Crippen LogP contribution >= 0.6 is 0 Å². The van der Waals surface area contributed by atoms with E-state index in [1.54, 1.807) is 0 Å². The van der Waals surface area contributed by atoms with E-state index in [1.807, 2.05) is 0 Å². The van der Waals surface area contributed by atoms with Crippen molar-refractivity contribution in [3.63, 3.8) is 0 Å². The van der Waals surface area contributed by atoms with Crippen LogP contribution in [0.1, 0.15) is 38.3 Å². The van der Waals surface area contributed by atoms with Gasteiger partial charge in [0.25, 0.3) is 0 Å². The maximum atomic E-state index is 2.42. The third-order valence-corrected chi connectivity index (χ3v) is 4.52. The highest BCUT2D eigenvalue weighted by molar-refractivity contribution is 5.31. The average molecular weight is 240 g/mol. The predicted octanol–water partition coefficient (Wildman–Crippen LogP) is 4.95. The topological polar surface area (TPSA) is 0 Å². The molecule has 0 amide bonds. The van der Waals surface area contributed by atoms with E-state index in [9.17, 15) is 0 Å². The Balaban J connectivity index is 2.31. The first-order valence-corrected chi connectivity index (χ1v) is 7.14. The minimum Gasteiger partial charge on any atom is -0.0808 e. The normalized spacial score (nSPS) is 26.5. The maximum Gasteiger partial charge on any atom is -0.00171 e. The number of aryl methyl sites for hydroxylation is 1. The fourth-order valence-electron chi connectivity index (χ4n) is 3.04. The number of hydrogen-bond acceptors (Lipinski definition) is 0. The zero-order chi connectivity index (χ0) is 13.0. The van der Waals surface area contributed by atoms with Crippen LogP contribution in [0.4, 0.5) is 0 Å². The van der Waals surface area contributed by atoms with Crippen LogP contribution in [0.3, 0.4) is 0 Å². The Morgan fingerprint density at radius 3 is 2.39 bits per heavy atom. The highest BCUT2D eigenvalue weighted by Crippen LogP contribution is 2.40. The molecule has 1 aromatic rings. The van der Waals surface area contributed by atoms with Crippen molar-refractivity contribution in [2.75, 3.05) is 0 Å². The SMILES string of the molecule is CCc1ccccc1CC1(CC)C=CC=CC1C. The third-order valence-electron chi connectivity index (χ3n) is 4.52. The quantitative estimate of drug-likeness (QED) is 0.698. The van der Waals surface area contributed by atoms with Crippen molar-refractivity contribution in [2.24, 2.45) is 11.3 Å². The Bertz CT molecular complexity index is 453. The summed E-state index contributed by atoms with van der Waals surface area (Å²) in [6.45, 7) is 6.91. The van der Waals surface area contributed by atoms with Gasteiger partial charge in [0.1, 0.15) is 0 Å². The fraction of sp³-hybridized carbons (Fsp3) is 0.444. The van der Waals surface area contributed by atoms with Gasteiger partial charge in [-0.15, -0.1) is 0 Å². The van der Waals surface area contributed by atoms with Gasteiger partial charge in [0, 0.05) is 0 Å². The molecular formula is C18H24. The van der Waals surface area contributed by atoms with Crippen molar-refractivity contribution in [1.29, 1.82) is 0 Å². The molecule has 1 aromatic carbocycles. The largest absolute Gasteiger partial charge is 0.0808 e. The second-order valence-corrected chi connectivity index (χ2v) is 5.42. The first-order valence-electron chi connectivity index (χ1n) is 7.14. The Morgan fingerprint density at radius 2 is 1.78 bits per heavy atom. The molecular weight excluding hydrogens is 216 g/mol. The van der Waals surface area contributed by atoms with Gasteiger partial charge in [-0.3, -0.25) is 0 Å². The van der Waals surface area contributed by atoms with Crippen molar-refractivity contribution in [3.05, 3.63) is 59.7 Å². The standard InChI is InChI=1S/C18H24/c1-4-16-11-6-7-12-17(16)14-18(5-2)13-9-8-10-15(18)3/h6-13,15H,4-5,14H2,1-3H3. The molecule has 0 heteroatoms. The summed E-state index contributed by atoms with van der Waals surface area (Å²) in [5, 5.41) is 0. The van der Waals surface area contributed by atoms with Crippen molar-refractivity contribution < 1.29 is 0 Å². The van der Waals surface area contributed by atoms with E-state index in [2.05, 4.69) is 69.3 Å². The first-order chi connectivity index (χ1) is 8.72. The third kappa shape index (κ3) is 2.43. The predicted molar refractivity (Wildman–Crippen MR) is 79.7 cm³/mol. The van der Waals surface area contributed by atoms with Crippen LogP contribution in [-0.4, -0.2) is 0 Å². The molecule has 0 aliphatic heterocycles. The van der Waals surface area contributed by atoms with Crippen LogP contribution in [0.5, 0.6) is 0 Å². The minimum atomic E-state index is 0.306. The Labute approximate surface area is 111 Å². The Hall–Kier alpha value is -1.30. The number of benzene rings is 1. The Morgan fingerprint density at radius 1 is 1.06 bits per heavy atom. The molecule has 2 rings (SSSR count). The monoisotopic (exact) mass is 240 g/mol. The zero-order valence-corrected chi connectivity index (χ0v) is 11.8. The zero-order valence-electron chi connectivity index (χ0n) is 11.8. The van der Waals surface area contributed by atoms with Gasteiger partial charge in [0.15, 0.2) is 0 Å². The molecule has 96 valence electrons. The summed E-state index contributed by atoms with van der Waals surface area (Å²) in [5.41, 5.74) is 3.33. The van der Waals surface area contributed by atoms with E-state index in [0.717, 1.165) is 12.8 Å². The summed E-state index contributed by atoms with van der Waals surface area (Å²) in [7, 11) is 0.